The topological polar surface area (TPSA) is 55.8 Å². The third kappa shape index (κ3) is 1.46. The van der Waals surface area contributed by atoms with Crippen LogP contribution in [0, 0.1) is 0 Å². The quantitative estimate of drug-likeness (QED) is 0.823. The Morgan fingerprint density at radius 2 is 2.07 bits per heavy atom. The van der Waals surface area contributed by atoms with Crippen molar-refractivity contribution in [2.24, 2.45) is 0 Å². The zero-order valence-electron chi connectivity index (χ0n) is 8.13. The molecule has 4 nitrogen and oxygen atoms in total. The van der Waals surface area contributed by atoms with Gasteiger partial charge in [-0.3, -0.25) is 4.79 Å². The second kappa shape index (κ2) is 3.74. The Kier molecular flexibility index (Phi) is 3.01. The standard InChI is InChI=1S/C9H11BrO4/c1-9(14-3)6(13-2)4-5(11)7(10)8(9)12/h4,11H,1-3H3/t9-/m0/s1. The number of Topliss-reactive ketones (excluding diaryl/α,β-unsaturated/α-hetero) is 1. The van der Waals surface area contributed by atoms with Crippen LogP contribution in [0.25, 0.3) is 0 Å². The molecule has 0 saturated carbocycles. The number of aliphatic hydroxyl groups is 1. The monoisotopic (exact) mass is 262 g/mol. The third-order valence-electron chi connectivity index (χ3n) is 2.22. The molecule has 0 aromatic heterocycles. The summed E-state index contributed by atoms with van der Waals surface area (Å²) in [5.41, 5.74) is -1.17. The van der Waals surface area contributed by atoms with Gasteiger partial charge in [-0.1, -0.05) is 0 Å². The van der Waals surface area contributed by atoms with E-state index >= 15 is 0 Å². The van der Waals surface area contributed by atoms with Gasteiger partial charge in [-0.25, -0.2) is 0 Å². The maximum Gasteiger partial charge on any atom is 0.212 e. The molecular weight excluding hydrogens is 252 g/mol. The van der Waals surface area contributed by atoms with Gasteiger partial charge in [0.05, 0.1) is 7.11 Å². The molecule has 0 aromatic carbocycles. The molecule has 0 heterocycles. The number of rotatable bonds is 2. The van der Waals surface area contributed by atoms with Gasteiger partial charge in [-0.15, -0.1) is 0 Å². The van der Waals surface area contributed by atoms with Gasteiger partial charge in [0.25, 0.3) is 0 Å². The van der Waals surface area contributed by atoms with E-state index in [-0.39, 0.29) is 21.8 Å². The molecule has 0 aromatic rings. The molecule has 0 fully saturated rings. The fraction of sp³-hybridized carbons (Fsp3) is 0.444. The summed E-state index contributed by atoms with van der Waals surface area (Å²) < 4.78 is 10.2. The molecule has 1 N–H and O–H groups in total. The Bertz CT molecular complexity index is 332. The van der Waals surface area contributed by atoms with E-state index in [4.69, 9.17) is 9.47 Å². The number of carbonyl (C=O) groups is 1. The van der Waals surface area contributed by atoms with E-state index < -0.39 is 5.60 Å². The van der Waals surface area contributed by atoms with Crippen LogP contribution < -0.4 is 0 Å². The summed E-state index contributed by atoms with van der Waals surface area (Å²) in [6, 6.07) is 0. The summed E-state index contributed by atoms with van der Waals surface area (Å²) in [6.07, 6.45) is 1.36. The number of halogens is 1. The first-order valence-corrected chi connectivity index (χ1v) is 4.71. The number of hydrogen-bond donors (Lipinski definition) is 1. The molecule has 14 heavy (non-hydrogen) atoms. The van der Waals surface area contributed by atoms with E-state index in [2.05, 4.69) is 15.9 Å². The Hall–Kier alpha value is -0.810. The first-order valence-electron chi connectivity index (χ1n) is 3.92. The van der Waals surface area contributed by atoms with Crippen LogP contribution in [0.1, 0.15) is 6.92 Å². The lowest BCUT2D eigenvalue weighted by Crippen LogP contribution is -2.42. The van der Waals surface area contributed by atoms with Crippen molar-refractivity contribution >= 4 is 21.7 Å². The van der Waals surface area contributed by atoms with E-state index in [9.17, 15) is 9.90 Å². The Morgan fingerprint density at radius 3 is 2.50 bits per heavy atom. The molecule has 0 radical (unpaired) electrons. The number of ketones is 1. The lowest BCUT2D eigenvalue weighted by Gasteiger charge is -2.30. The molecule has 1 aliphatic carbocycles. The van der Waals surface area contributed by atoms with Crippen molar-refractivity contribution in [3.05, 3.63) is 22.1 Å². The fourth-order valence-corrected chi connectivity index (χ4v) is 1.70. The largest absolute Gasteiger partial charge is 0.507 e. The second-order valence-corrected chi connectivity index (χ2v) is 3.77. The van der Waals surface area contributed by atoms with Crippen LogP contribution in [-0.2, 0) is 14.3 Å². The van der Waals surface area contributed by atoms with Gasteiger partial charge in [0.15, 0.2) is 5.60 Å². The highest BCUT2D eigenvalue weighted by atomic mass is 79.9. The van der Waals surface area contributed by atoms with Gasteiger partial charge in [0, 0.05) is 13.2 Å². The minimum atomic E-state index is -1.17. The van der Waals surface area contributed by atoms with Crippen molar-refractivity contribution in [2.75, 3.05) is 14.2 Å². The first-order chi connectivity index (χ1) is 6.47. The SMILES string of the molecule is COC1=CC(O)=C(Br)C(=O)[C@@]1(C)OC. The number of ether oxygens (including phenoxy) is 2. The molecule has 1 rings (SSSR count). The highest BCUT2D eigenvalue weighted by Gasteiger charge is 2.43. The average Bonchev–Trinajstić information content (AvgIpc) is 2.20. The smallest absolute Gasteiger partial charge is 0.212 e. The van der Waals surface area contributed by atoms with Gasteiger partial charge in [-0.2, -0.15) is 0 Å². The first kappa shape index (κ1) is 11.3. The maximum atomic E-state index is 11.7. The molecule has 1 aliphatic rings. The van der Waals surface area contributed by atoms with Crippen LogP contribution in [0.2, 0.25) is 0 Å². The van der Waals surface area contributed by atoms with Crippen molar-refractivity contribution in [1.29, 1.82) is 0 Å². The third-order valence-corrected chi connectivity index (χ3v) is 2.99. The highest BCUT2D eigenvalue weighted by Crippen LogP contribution is 2.34. The summed E-state index contributed by atoms with van der Waals surface area (Å²) in [4.78, 5) is 11.7. The van der Waals surface area contributed by atoms with Crippen LogP contribution >= 0.6 is 15.9 Å². The summed E-state index contributed by atoms with van der Waals surface area (Å²) in [7, 11) is 2.83. The molecule has 5 heteroatoms. The normalized spacial score (nSPS) is 27.7. The van der Waals surface area contributed by atoms with Crippen LogP contribution in [0.4, 0.5) is 0 Å². The van der Waals surface area contributed by atoms with Crippen LogP contribution in [0.3, 0.4) is 0 Å². The number of hydrogen-bond acceptors (Lipinski definition) is 4. The van der Waals surface area contributed by atoms with Crippen LogP contribution in [-0.4, -0.2) is 30.7 Å². The minimum absolute atomic E-state index is 0.0997. The number of methoxy groups -OCH3 is 2. The predicted molar refractivity (Wildman–Crippen MR) is 54.1 cm³/mol. The van der Waals surface area contributed by atoms with Gasteiger partial charge in [0.1, 0.15) is 16.0 Å². The maximum absolute atomic E-state index is 11.7. The minimum Gasteiger partial charge on any atom is -0.507 e. The van der Waals surface area contributed by atoms with Crippen molar-refractivity contribution in [2.45, 2.75) is 12.5 Å². The van der Waals surface area contributed by atoms with E-state index in [0.717, 1.165) is 0 Å². The zero-order chi connectivity index (χ0) is 10.9. The summed E-state index contributed by atoms with van der Waals surface area (Å²) in [5.74, 6) is -0.232. The fourth-order valence-electron chi connectivity index (χ4n) is 1.21. The molecule has 0 amide bonds. The second-order valence-electron chi connectivity index (χ2n) is 2.98. The average molecular weight is 263 g/mol. The molecule has 0 unspecified atom stereocenters. The van der Waals surface area contributed by atoms with Crippen molar-refractivity contribution in [3.8, 4) is 0 Å². The van der Waals surface area contributed by atoms with E-state index in [1.165, 1.54) is 20.3 Å². The van der Waals surface area contributed by atoms with E-state index in [1.807, 2.05) is 0 Å². The van der Waals surface area contributed by atoms with E-state index in [1.54, 1.807) is 6.92 Å². The van der Waals surface area contributed by atoms with Crippen LogP contribution in [0.15, 0.2) is 22.1 Å². The predicted octanol–water partition coefficient (Wildman–Crippen LogP) is 1.67. The molecule has 0 bridgehead atoms. The summed E-state index contributed by atoms with van der Waals surface area (Å²) in [5, 5.41) is 9.38. The number of allylic oxidation sites excluding steroid dienone is 1. The molecule has 0 spiro atoms. The summed E-state index contributed by atoms with van der Waals surface area (Å²) >= 11 is 2.99. The van der Waals surface area contributed by atoms with Crippen LogP contribution in [0.5, 0.6) is 0 Å². The van der Waals surface area contributed by atoms with Gasteiger partial charge < -0.3 is 14.6 Å². The number of carbonyl (C=O) groups excluding carboxylic acids is 1. The van der Waals surface area contributed by atoms with Gasteiger partial charge in [-0.05, 0) is 22.9 Å². The lowest BCUT2D eigenvalue weighted by atomic mass is 9.93. The van der Waals surface area contributed by atoms with Crippen molar-refractivity contribution in [3.63, 3.8) is 0 Å². The highest BCUT2D eigenvalue weighted by molar-refractivity contribution is 9.12. The Balaban J connectivity index is 3.26. The molecule has 0 saturated heterocycles. The van der Waals surface area contributed by atoms with Gasteiger partial charge in [0.2, 0.25) is 5.78 Å². The van der Waals surface area contributed by atoms with Gasteiger partial charge >= 0.3 is 0 Å². The summed E-state index contributed by atoms with van der Waals surface area (Å²) in [6.45, 7) is 1.58. The molecule has 1 atom stereocenters. The lowest BCUT2D eigenvalue weighted by molar-refractivity contribution is -0.134. The Labute approximate surface area is 90.3 Å². The van der Waals surface area contributed by atoms with Crippen molar-refractivity contribution < 1.29 is 19.4 Å². The zero-order valence-corrected chi connectivity index (χ0v) is 9.71. The molecular formula is C9H11BrO4. The Morgan fingerprint density at radius 1 is 1.50 bits per heavy atom. The number of aliphatic hydroxyl groups excluding tert-OH is 1. The van der Waals surface area contributed by atoms with E-state index in [0.29, 0.717) is 0 Å². The molecule has 0 aliphatic heterocycles. The molecule has 78 valence electrons. The van der Waals surface area contributed by atoms with Crippen molar-refractivity contribution in [1.82, 2.24) is 0 Å².